The lowest BCUT2D eigenvalue weighted by Crippen LogP contribution is -2.53. The second kappa shape index (κ2) is 4.53. The highest BCUT2D eigenvalue weighted by Gasteiger charge is 2.27. The molecule has 2 rings (SSSR count). The van der Waals surface area contributed by atoms with Crippen LogP contribution in [0.1, 0.15) is 11.4 Å². The Labute approximate surface area is 103 Å². The van der Waals surface area contributed by atoms with Crippen LogP contribution in [0.4, 0.5) is 5.95 Å². The lowest BCUT2D eigenvalue weighted by Gasteiger charge is -2.26. The van der Waals surface area contributed by atoms with E-state index in [0.29, 0.717) is 11.4 Å². The average Bonchev–Trinajstić information content (AvgIpc) is 2.27. The highest BCUT2D eigenvalue weighted by atomic mass is 16.4. The molecule has 1 aromatic rings. The number of hydrogen-bond donors (Lipinski definition) is 2. The fraction of sp³-hybridized carbons (Fsp3) is 0.273. The molecule has 0 aromatic carbocycles. The van der Waals surface area contributed by atoms with Crippen LogP contribution in [0.5, 0.6) is 0 Å². The van der Waals surface area contributed by atoms with Gasteiger partial charge in [0, 0.05) is 17.5 Å². The molecule has 0 spiro atoms. The van der Waals surface area contributed by atoms with E-state index in [4.69, 9.17) is 5.11 Å². The Hall–Kier alpha value is -2.28. The number of nitrogens with one attached hydrogen (secondary N) is 1. The average molecular weight is 248 g/mol. The van der Waals surface area contributed by atoms with Gasteiger partial charge in [0.05, 0.1) is 0 Å². The van der Waals surface area contributed by atoms with Crippen LogP contribution >= 0.6 is 0 Å². The lowest BCUT2D eigenvalue weighted by atomic mass is 10.2. The van der Waals surface area contributed by atoms with Crippen molar-refractivity contribution in [2.24, 2.45) is 0 Å². The summed E-state index contributed by atoms with van der Waals surface area (Å²) in [6.07, 6.45) is 2.47. The summed E-state index contributed by atoms with van der Waals surface area (Å²) >= 11 is 0. The maximum Gasteiger partial charge on any atom is 0.326 e. The summed E-state index contributed by atoms with van der Waals surface area (Å²) in [4.78, 5) is 30.8. The number of carboxylic acids is 1. The standard InChI is InChI=1S/C11H12N4O3/c1-6-5-7(2)13-11(12-6)15-9(16)4-3-8(14-15)10(17)18/h3-5,8,14H,1-2H3,(H,17,18). The zero-order valence-corrected chi connectivity index (χ0v) is 9.91. The van der Waals surface area contributed by atoms with Crippen molar-refractivity contribution in [3.8, 4) is 0 Å². The fourth-order valence-electron chi connectivity index (χ4n) is 1.60. The molecule has 0 bridgehead atoms. The Morgan fingerprint density at radius 1 is 1.39 bits per heavy atom. The Morgan fingerprint density at radius 2 is 2.00 bits per heavy atom. The fourth-order valence-corrected chi connectivity index (χ4v) is 1.60. The minimum atomic E-state index is -1.08. The second-order valence-electron chi connectivity index (χ2n) is 3.93. The molecule has 1 aliphatic heterocycles. The number of hydrazine groups is 1. The number of anilines is 1. The second-order valence-corrected chi connectivity index (χ2v) is 3.93. The van der Waals surface area contributed by atoms with E-state index >= 15 is 0 Å². The van der Waals surface area contributed by atoms with E-state index in [-0.39, 0.29) is 5.95 Å². The van der Waals surface area contributed by atoms with Crippen molar-refractivity contribution in [2.75, 3.05) is 5.01 Å². The van der Waals surface area contributed by atoms with E-state index < -0.39 is 17.9 Å². The number of amides is 1. The molecule has 7 heteroatoms. The molecule has 1 aromatic heterocycles. The summed E-state index contributed by atoms with van der Waals surface area (Å²) in [7, 11) is 0. The molecule has 0 saturated carbocycles. The summed E-state index contributed by atoms with van der Waals surface area (Å²) in [5.74, 6) is -1.33. The van der Waals surface area contributed by atoms with E-state index in [2.05, 4.69) is 15.4 Å². The summed E-state index contributed by atoms with van der Waals surface area (Å²) in [5, 5.41) is 9.95. The predicted octanol–water partition coefficient (Wildman–Crippen LogP) is -0.0460. The van der Waals surface area contributed by atoms with Crippen molar-refractivity contribution in [2.45, 2.75) is 19.9 Å². The molecule has 1 aliphatic rings. The van der Waals surface area contributed by atoms with Crippen LogP contribution in [0.3, 0.4) is 0 Å². The molecular formula is C11H12N4O3. The van der Waals surface area contributed by atoms with Gasteiger partial charge < -0.3 is 5.11 Å². The maximum absolute atomic E-state index is 11.7. The van der Waals surface area contributed by atoms with Crippen LogP contribution < -0.4 is 10.4 Å². The number of carbonyl (C=O) groups is 2. The molecule has 0 fully saturated rings. The zero-order valence-electron chi connectivity index (χ0n) is 9.91. The predicted molar refractivity (Wildman–Crippen MR) is 62.7 cm³/mol. The third-order valence-electron chi connectivity index (χ3n) is 2.36. The van der Waals surface area contributed by atoms with Gasteiger partial charge in [-0.1, -0.05) is 0 Å². The third-order valence-corrected chi connectivity index (χ3v) is 2.36. The number of aryl methyl sites for hydroxylation is 2. The van der Waals surface area contributed by atoms with E-state index in [0.717, 1.165) is 5.01 Å². The molecular weight excluding hydrogens is 236 g/mol. The number of carboxylic acid groups (broad SMARTS) is 1. The molecule has 0 saturated heterocycles. The Balaban J connectivity index is 2.35. The van der Waals surface area contributed by atoms with Crippen LogP contribution in [0.15, 0.2) is 18.2 Å². The molecule has 1 atom stereocenters. The highest BCUT2D eigenvalue weighted by Crippen LogP contribution is 2.12. The van der Waals surface area contributed by atoms with Gasteiger partial charge in [-0.25, -0.2) is 20.4 Å². The van der Waals surface area contributed by atoms with Gasteiger partial charge >= 0.3 is 5.97 Å². The Morgan fingerprint density at radius 3 is 2.56 bits per heavy atom. The molecule has 1 unspecified atom stereocenters. The minimum Gasteiger partial charge on any atom is -0.480 e. The smallest absolute Gasteiger partial charge is 0.326 e. The first-order valence-electron chi connectivity index (χ1n) is 5.31. The van der Waals surface area contributed by atoms with Crippen molar-refractivity contribution in [1.29, 1.82) is 0 Å². The van der Waals surface area contributed by atoms with E-state index in [1.165, 1.54) is 12.2 Å². The Kier molecular flexibility index (Phi) is 3.07. The van der Waals surface area contributed by atoms with Gasteiger partial charge in [-0.3, -0.25) is 9.59 Å². The summed E-state index contributed by atoms with van der Waals surface area (Å²) in [6, 6.07) is 0.801. The van der Waals surface area contributed by atoms with Crippen molar-refractivity contribution in [3.05, 3.63) is 29.6 Å². The molecule has 1 amide bonds. The number of carbonyl (C=O) groups excluding carboxylic acids is 1. The minimum absolute atomic E-state index is 0.146. The van der Waals surface area contributed by atoms with Gasteiger partial charge in [0.15, 0.2) is 0 Å². The monoisotopic (exact) mass is 248 g/mol. The lowest BCUT2D eigenvalue weighted by molar-refractivity contribution is -0.138. The van der Waals surface area contributed by atoms with Crippen LogP contribution in [0.25, 0.3) is 0 Å². The largest absolute Gasteiger partial charge is 0.480 e. The van der Waals surface area contributed by atoms with Gasteiger partial charge in [0.1, 0.15) is 6.04 Å². The molecule has 2 heterocycles. The molecule has 2 N–H and O–H groups in total. The summed E-state index contributed by atoms with van der Waals surface area (Å²) < 4.78 is 0. The van der Waals surface area contributed by atoms with Crippen LogP contribution in [0.2, 0.25) is 0 Å². The number of nitrogens with zero attached hydrogens (tertiary/aromatic N) is 3. The number of aromatic nitrogens is 2. The van der Waals surface area contributed by atoms with Gasteiger partial charge in [0.2, 0.25) is 5.95 Å². The first kappa shape index (κ1) is 12.2. The van der Waals surface area contributed by atoms with Crippen LogP contribution in [-0.4, -0.2) is 33.0 Å². The van der Waals surface area contributed by atoms with Crippen molar-refractivity contribution < 1.29 is 14.7 Å². The van der Waals surface area contributed by atoms with E-state index in [1.54, 1.807) is 19.9 Å². The Bertz CT molecular complexity index is 521. The van der Waals surface area contributed by atoms with E-state index in [9.17, 15) is 9.59 Å². The van der Waals surface area contributed by atoms with Gasteiger partial charge in [0.25, 0.3) is 5.91 Å². The van der Waals surface area contributed by atoms with Gasteiger partial charge in [-0.15, -0.1) is 0 Å². The zero-order chi connectivity index (χ0) is 13.3. The quantitative estimate of drug-likeness (QED) is 0.762. The summed E-state index contributed by atoms with van der Waals surface area (Å²) in [6.45, 7) is 3.55. The highest BCUT2D eigenvalue weighted by molar-refractivity contribution is 6.01. The van der Waals surface area contributed by atoms with Crippen molar-refractivity contribution in [3.63, 3.8) is 0 Å². The molecule has 18 heavy (non-hydrogen) atoms. The first-order valence-corrected chi connectivity index (χ1v) is 5.31. The van der Waals surface area contributed by atoms with Crippen LogP contribution in [-0.2, 0) is 9.59 Å². The van der Waals surface area contributed by atoms with Crippen molar-refractivity contribution in [1.82, 2.24) is 15.4 Å². The van der Waals surface area contributed by atoms with Gasteiger partial charge in [-0.2, -0.15) is 0 Å². The molecule has 0 aliphatic carbocycles. The SMILES string of the molecule is Cc1cc(C)nc(N2NC(C(=O)O)C=CC2=O)n1. The normalized spacial score (nSPS) is 19.1. The number of aliphatic carboxylic acids is 1. The number of hydrogen-bond acceptors (Lipinski definition) is 5. The topological polar surface area (TPSA) is 95.4 Å². The molecule has 7 nitrogen and oxygen atoms in total. The van der Waals surface area contributed by atoms with Crippen LogP contribution in [0, 0.1) is 13.8 Å². The van der Waals surface area contributed by atoms with E-state index in [1.807, 2.05) is 0 Å². The molecule has 94 valence electrons. The third kappa shape index (κ3) is 2.35. The van der Waals surface area contributed by atoms with Crippen molar-refractivity contribution >= 4 is 17.8 Å². The number of rotatable bonds is 2. The summed E-state index contributed by atoms with van der Waals surface area (Å²) in [5.41, 5.74) is 3.95. The van der Waals surface area contributed by atoms with Gasteiger partial charge in [-0.05, 0) is 26.0 Å². The first-order chi connectivity index (χ1) is 8.47. The molecule has 0 radical (unpaired) electrons. The maximum atomic E-state index is 11.7.